The van der Waals surface area contributed by atoms with Crippen LogP contribution >= 0.6 is 11.6 Å². The molecular formula is C12H18ClNO2. The van der Waals surface area contributed by atoms with E-state index in [1.807, 2.05) is 26.0 Å². The van der Waals surface area contributed by atoms with Gasteiger partial charge in [-0.2, -0.15) is 0 Å². The third kappa shape index (κ3) is 3.58. The maximum Gasteiger partial charge on any atom is 0.121 e. The standard InChI is InChI=1S/C12H18ClNO2/c1-12(2,8-15)7-14-11-6-9(16-3)4-5-10(11)13/h4-6,14-15H,7-8H2,1-3H3. The Morgan fingerprint density at radius 1 is 1.44 bits per heavy atom. The minimum absolute atomic E-state index is 0.127. The summed E-state index contributed by atoms with van der Waals surface area (Å²) in [5.74, 6) is 0.758. The SMILES string of the molecule is COc1ccc(Cl)c(NCC(C)(C)CO)c1. The molecule has 16 heavy (non-hydrogen) atoms. The van der Waals surface area contributed by atoms with E-state index in [1.54, 1.807) is 13.2 Å². The van der Waals surface area contributed by atoms with Crippen LogP contribution in [0.1, 0.15) is 13.8 Å². The number of hydrogen-bond acceptors (Lipinski definition) is 3. The van der Waals surface area contributed by atoms with Crippen molar-refractivity contribution < 1.29 is 9.84 Å². The number of aliphatic hydroxyl groups excluding tert-OH is 1. The highest BCUT2D eigenvalue weighted by molar-refractivity contribution is 6.33. The number of aliphatic hydroxyl groups is 1. The number of hydrogen-bond donors (Lipinski definition) is 2. The number of anilines is 1. The molecule has 0 fully saturated rings. The highest BCUT2D eigenvalue weighted by Crippen LogP contribution is 2.27. The van der Waals surface area contributed by atoms with Crippen molar-refractivity contribution in [1.82, 2.24) is 0 Å². The van der Waals surface area contributed by atoms with Crippen LogP contribution in [0, 0.1) is 5.41 Å². The summed E-state index contributed by atoms with van der Waals surface area (Å²) in [7, 11) is 1.62. The van der Waals surface area contributed by atoms with Gasteiger partial charge >= 0.3 is 0 Å². The Labute approximate surface area is 101 Å². The predicted octanol–water partition coefficient (Wildman–Crippen LogP) is 2.78. The maximum atomic E-state index is 9.14. The molecule has 0 aliphatic rings. The Kier molecular flexibility index (Phi) is 4.44. The summed E-state index contributed by atoms with van der Waals surface area (Å²) < 4.78 is 5.12. The molecule has 0 saturated carbocycles. The molecule has 0 bridgehead atoms. The number of rotatable bonds is 5. The summed E-state index contributed by atoms with van der Waals surface area (Å²) in [5.41, 5.74) is 0.648. The lowest BCUT2D eigenvalue weighted by atomic mass is 9.95. The number of ether oxygens (including phenoxy) is 1. The van der Waals surface area contributed by atoms with Crippen LogP contribution in [0.25, 0.3) is 0 Å². The molecule has 0 aromatic heterocycles. The summed E-state index contributed by atoms with van der Waals surface area (Å²) in [4.78, 5) is 0. The molecule has 0 spiro atoms. The Hall–Kier alpha value is -0.930. The smallest absolute Gasteiger partial charge is 0.121 e. The fourth-order valence-corrected chi connectivity index (χ4v) is 1.34. The average molecular weight is 244 g/mol. The van der Waals surface area contributed by atoms with Gasteiger partial charge in [-0.25, -0.2) is 0 Å². The molecule has 1 rings (SSSR count). The largest absolute Gasteiger partial charge is 0.497 e. The third-order valence-electron chi connectivity index (χ3n) is 2.36. The van der Waals surface area contributed by atoms with Gasteiger partial charge in [-0.1, -0.05) is 25.4 Å². The lowest BCUT2D eigenvalue weighted by molar-refractivity contribution is 0.171. The topological polar surface area (TPSA) is 41.5 Å². The molecule has 0 unspecified atom stereocenters. The second-order valence-electron chi connectivity index (χ2n) is 4.52. The maximum absolute atomic E-state index is 9.14. The lowest BCUT2D eigenvalue weighted by Gasteiger charge is -2.23. The summed E-state index contributed by atoms with van der Waals surface area (Å²) in [6.07, 6.45) is 0. The first-order valence-corrected chi connectivity index (χ1v) is 5.54. The van der Waals surface area contributed by atoms with Gasteiger partial charge < -0.3 is 15.2 Å². The van der Waals surface area contributed by atoms with Crippen LogP contribution in [0.5, 0.6) is 5.75 Å². The molecule has 1 aromatic rings. The van der Waals surface area contributed by atoms with Crippen molar-refractivity contribution in [2.24, 2.45) is 5.41 Å². The molecule has 0 aliphatic carbocycles. The lowest BCUT2D eigenvalue weighted by Crippen LogP contribution is -2.26. The highest BCUT2D eigenvalue weighted by atomic mass is 35.5. The summed E-state index contributed by atoms with van der Waals surface area (Å²) in [6.45, 7) is 4.74. The molecule has 0 amide bonds. The monoisotopic (exact) mass is 243 g/mol. The van der Waals surface area contributed by atoms with Crippen LogP contribution < -0.4 is 10.1 Å². The molecule has 1 aromatic carbocycles. The van der Waals surface area contributed by atoms with Crippen LogP contribution in [0.2, 0.25) is 5.02 Å². The average Bonchev–Trinajstić information content (AvgIpc) is 2.28. The molecule has 3 nitrogen and oxygen atoms in total. The van der Waals surface area contributed by atoms with Crippen LogP contribution in [-0.2, 0) is 0 Å². The van der Waals surface area contributed by atoms with Gasteiger partial charge in [-0.15, -0.1) is 0 Å². The van der Waals surface area contributed by atoms with Crippen molar-refractivity contribution in [2.75, 3.05) is 25.6 Å². The molecule has 2 N–H and O–H groups in total. The molecule has 0 atom stereocenters. The van der Waals surface area contributed by atoms with Crippen molar-refractivity contribution in [3.63, 3.8) is 0 Å². The quantitative estimate of drug-likeness (QED) is 0.836. The first kappa shape index (κ1) is 13.1. The molecule has 0 heterocycles. The van der Waals surface area contributed by atoms with Crippen molar-refractivity contribution in [2.45, 2.75) is 13.8 Å². The van der Waals surface area contributed by atoms with E-state index in [-0.39, 0.29) is 12.0 Å². The van der Waals surface area contributed by atoms with Crippen LogP contribution in [0.3, 0.4) is 0 Å². The van der Waals surface area contributed by atoms with Gasteiger partial charge in [0.25, 0.3) is 0 Å². The van der Waals surface area contributed by atoms with E-state index in [2.05, 4.69) is 5.32 Å². The van der Waals surface area contributed by atoms with Gasteiger partial charge in [0.05, 0.1) is 17.8 Å². The minimum Gasteiger partial charge on any atom is -0.497 e. The fourth-order valence-electron chi connectivity index (χ4n) is 1.16. The fraction of sp³-hybridized carbons (Fsp3) is 0.500. The second-order valence-corrected chi connectivity index (χ2v) is 4.93. The summed E-state index contributed by atoms with van der Waals surface area (Å²) in [6, 6.07) is 5.44. The summed E-state index contributed by atoms with van der Waals surface area (Å²) >= 11 is 6.04. The number of nitrogens with one attached hydrogen (secondary N) is 1. The zero-order valence-corrected chi connectivity index (χ0v) is 10.6. The van der Waals surface area contributed by atoms with Crippen molar-refractivity contribution >= 4 is 17.3 Å². The van der Waals surface area contributed by atoms with Gasteiger partial charge in [0.2, 0.25) is 0 Å². The highest BCUT2D eigenvalue weighted by Gasteiger charge is 2.16. The molecular weight excluding hydrogens is 226 g/mol. The van der Waals surface area contributed by atoms with Gasteiger partial charge in [0.15, 0.2) is 0 Å². The second kappa shape index (κ2) is 5.41. The predicted molar refractivity (Wildman–Crippen MR) is 67.4 cm³/mol. The number of halogens is 1. The van der Waals surface area contributed by atoms with E-state index in [0.29, 0.717) is 11.6 Å². The van der Waals surface area contributed by atoms with E-state index >= 15 is 0 Å². The van der Waals surface area contributed by atoms with E-state index in [0.717, 1.165) is 11.4 Å². The van der Waals surface area contributed by atoms with Crippen molar-refractivity contribution in [3.05, 3.63) is 23.2 Å². The van der Waals surface area contributed by atoms with E-state index < -0.39 is 0 Å². The van der Waals surface area contributed by atoms with E-state index in [1.165, 1.54) is 0 Å². The Balaban J connectivity index is 2.73. The first-order chi connectivity index (χ1) is 7.48. The van der Waals surface area contributed by atoms with Gasteiger partial charge in [-0.05, 0) is 12.1 Å². The van der Waals surface area contributed by atoms with Crippen LogP contribution in [-0.4, -0.2) is 25.4 Å². The third-order valence-corrected chi connectivity index (χ3v) is 2.69. The first-order valence-electron chi connectivity index (χ1n) is 5.17. The molecule has 90 valence electrons. The number of benzene rings is 1. The van der Waals surface area contributed by atoms with E-state index in [9.17, 15) is 0 Å². The zero-order chi connectivity index (χ0) is 12.2. The van der Waals surface area contributed by atoms with Crippen LogP contribution in [0.4, 0.5) is 5.69 Å². The summed E-state index contributed by atoms with van der Waals surface area (Å²) in [5, 5.41) is 13.0. The molecule has 0 radical (unpaired) electrons. The van der Waals surface area contributed by atoms with Gasteiger partial charge in [0, 0.05) is 24.6 Å². The molecule has 4 heteroatoms. The minimum atomic E-state index is -0.174. The van der Waals surface area contributed by atoms with Crippen molar-refractivity contribution in [1.29, 1.82) is 0 Å². The molecule has 0 aliphatic heterocycles. The van der Waals surface area contributed by atoms with Gasteiger partial charge in [0.1, 0.15) is 5.75 Å². The van der Waals surface area contributed by atoms with Crippen LogP contribution in [0.15, 0.2) is 18.2 Å². The Morgan fingerprint density at radius 2 is 2.12 bits per heavy atom. The molecule has 0 saturated heterocycles. The Morgan fingerprint density at radius 3 is 2.69 bits per heavy atom. The van der Waals surface area contributed by atoms with Gasteiger partial charge in [-0.3, -0.25) is 0 Å². The van der Waals surface area contributed by atoms with E-state index in [4.69, 9.17) is 21.4 Å². The normalized spacial score (nSPS) is 11.3. The van der Waals surface area contributed by atoms with Crippen molar-refractivity contribution in [3.8, 4) is 5.75 Å². The number of methoxy groups -OCH3 is 1. The Bertz CT molecular complexity index is 353. The zero-order valence-electron chi connectivity index (χ0n) is 9.88.